The Hall–Kier alpha value is -2.22. The number of aromatic nitrogens is 2. The van der Waals surface area contributed by atoms with Gasteiger partial charge in [-0.3, -0.25) is 9.69 Å². The standard InChI is InChI=1S/C15H13F4N3O/c16-10-3-1-9(2-4-10)7-22-6-5-12-11(8-22)13(23)21-14(20-12)15(17,18)19/h1-4H,5-8H2,(H,20,21,23). The number of nitrogens with zero attached hydrogens (tertiary/aromatic N) is 2. The van der Waals surface area contributed by atoms with Gasteiger partial charge in [0.1, 0.15) is 5.82 Å². The van der Waals surface area contributed by atoms with E-state index in [0.717, 1.165) is 5.56 Å². The van der Waals surface area contributed by atoms with Crippen molar-refractivity contribution in [1.82, 2.24) is 14.9 Å². The number of halogens is 4. The highest BCUT2D eigenvalue weighted by Gasteiger charge is 2.35. The molecular formula is C15H13F4N3O. The monoisotopic (exact) mass is 327 g/mol. The topological polar surface area (TPSA) is 49.0 Å². The van der Waals surface area contributed by atoms with Crippen LogP contribution in [0.5, 0.6) is 0 Å². The van der Waals surface area contributed by atoms with E-state index in [1.807, 2.05) is 4.90 Å². The molecule has 4 nitrogen and oxygen atoms in total. The van der Waals surface area contributed by atoms with E-state index in [9.17, 15) is 22.4 Å². The molecule has 1 aromatic carbocycles. The van der Waals surface area contributed by atoms with Gasteiger partial charge in [-0.25, -0.2) is 9.37 Å². The van der Waals surface area contributed by atoms with Gasteiger partial charge in [0, 0.05) is 26.1 Å². The molecule has 0 aliphatic carbocycles. The number of hydrogen-bond donors (Lipinski definition) is 1. The highest BCUT2D eigenvalue weighted by atomic mass is 19.4. The first-order valence-electron chi connectivity index (χ1n) is 6.99. The van der Waals surface area contributed by atoms with Gasteiger partial charge >= 0.3 is 6.18 Å². The van der Waals surface area contributed by atoms with Crippen molar-refractivity contribution in [3.8, 4) is 0 Å². The summed E-state index contributed by atoms with van der Waals surface area (Å²) in [5.41, 5.74) is 0.556. The molecule has 0 amide bonds. The highest BCUT2D eigenvalue weighted by Crippen LogP contribution is 2.26. The molecule has 23 heavy (non-hydrogen) atoms. The molecule has 1 aliphatic rings. The summed E-state index contributed by atoms with van der Waals surface area (Å²) >= 11 is 0. The fraction of sp³-hybridized carbons (Fsp3) is 0.333. The molecule has 0 unspecified atom stereocenters. The molecule has 8 heteroatoms. The van der Waals surface area contributed by atoms with Gasteiger partial charge in [0.2, 0.25) is 5.82 Å². The fourth-order valence-corrected chi connectivity index (χ4v) is 2.60. The Bertz CT molecular complexity index is 768. The van der Waals surface area contributed by atoms with Crippen LogP contribution in [0.3, 0.4) is 0 Å². The first kappa shape index (κ1) is 15.7. The number of hydrogen-bond acceptors (Lipinski definition) is 3. The van der Waals surface area contributed by atoms with Crippen molar-refractivity contribution in [2.45, 2.75) is 25.7 Å². The molecule has 3 rings (SSSR count). The first-order chi connectivity index (χ1) is 10.8. The van der Waals surface area contributed by atoms with E-state index in [-0.39, 0.29) is 30.0 Å². The zero-order chi connectivity index (χ0) is 16.6. The smallest absolute Gasteiger partial charge is 0.303 e. The van der Waals surface area contributed by atoms with Gasteiger partial charge < -0.3 is 4.98 Å². The maximum absolute atomic E-state index is 12.9. The summed E-state index contributed by atoms with van der Waals surface area (Å²) in [5.74, 6) is -1.59. The van der Waals surface area contributed by atoms with Crippen molar-refractivity contribution in [3.05, 3.63) is 63.1 Å². The minimum Gasteiger partial charge on any atom is -0.303 e. The van der Waals surface area contributed by atoms with Crippen LogP contribution in [0.15, 0.2) is 29.1 Å². The molecule has 1 aromatic heterocycles. The van der Waals surface area contributed by atoms with E-state index in [2.05, 4.69) is 4.98 Å². The molecule has 0 bridgehead atoms. The van der Waals surface area contributed by atoms with Crippen molar-refractivity contribution in [3.63, 3.8) is 0 Å². The molecule has 122 valence electrons. The fourth-order valence-electron chi connectivity index (χ4n) is 2.60. The van der Waals surface area contributed by atoms with Gasteiger partial charge in [0.05, 0.1) is 11.3 Å². The number of benzene rings is 1. The second-order valence-electron chi connectivity index (χ2n) is 5.42. The SMILES string of the molecule is O=c1[nH]c(C(F)(F)F)nc2c1CN(Cc1ccc(F)cc1)CC2. The normalized spacial score (nSPS) is 15.5. The van der Waals surface area contributed by atoms with Crippen LogP contribution in [0, 0.1) is 5.82 Å². The lowest BCUT2D eigenvalue weighted by atomic mass is 10.1. The van der Waals surface area contributed by atoms with Gasteiger partial charge in [-0.1, -0.05) is 12.1 Å². The minimum atomic E-state index is -4.67. The Balaban J connectivity index is 1.81. The van der Waals surface area contributed by atoms with Gasteiger partial charge in [0.25, 0.3) is 5.56 Å². The van der Waals surface area contributed by atoms with Crippen LogP contribution < -0.4 is 5.56 Å². The lowest BCUT2D eigenvalue weighted by molar-refractivity contribution is -0.145. The average Bonchev–Trinajstić information content (AvgIpc) is 2.49. The van der Waals surface area contributed by atoms with Gasteiger partial charge in [0.15, 0.2) is 0 Å². The van der Waals surface area contributed by atoms with E-state index >= 15 is 0 Å². The number of H-pyrrole nitrogens is 1. The Morgan fingerprint density at radius 1 is 1.22 bits per heavy atom. The third-order valence-electron chi connectivity index (χ3n) is 3.74. The molecule has 0 saturated heterocycles. The van der Waals surface area contributed by atoms with Crippen LogP contribution in [0.2, 0.25) is 0 Å². The molecular weight excluding hydrogens is 314 g/mol. The number of fused-ring (bicyclic) bond motifs is 1. The van der Waals surface area contributed by atoms with Crippen LogP contribution in [-0.4, -0.2) is 21.4 Å². The molecule has 0 atom stereocenters. The van der Waals surface area contributed by atoms with Crippen molar-refractivity contribution in [1.29, 1.82) is 0 Å². The van der Waals surface area contributed by atoms with Gasteiger partial charge in [-0.15, -0.1) is 0 Å². The molecule has 0 saturated carbocycles. The van der Waals surface area contributed by atoms with E-state index in [1.54, 1.807) is 17.1 Å². The molecule has 1 aliphatic heterocycles. The summed E-state index contributed by atoms with van der Waals surface area (Å²) in [6.07, 6.45) is -4.40. The number of aromatic amines is 1. The van der Waals surface area contributed by atoms with Crippen molar-refractivity contribution >= 4 is 0 Å². The zero-order valence-corrected chi connectivity index (χ0v) is 12.0. The van der Waals surface area contributed by atoms with Crippen molar-refractivity contribution in [2.75, 3.05) is 6.54 Å². The van der Waals surface area contributed by atoms with Gasteiger partial charge in [-0.05, 0) is 17.7 Å². The van der Waals surface area contributed by atoms with Crippen LogP contribution in [0.25, 0.3) is 0 Å². The molecule has 2 heterocycles. The summed E-state index contributed by atoms with van der Waals surface area (Å²) < 4.78 is 50.9. The summed E-state index contributed by atoms with van der Waals surface area (Å²) in [7, 11) is 0. The third kappa shape index (κ3) is 3.42. The Morgan fingerprint density at radius 2 is 1.91 bits per heavy atom. The van der Waals surface area contributed by atoms with Crippen molar-refractivity contribution in [2.24, 2.45) is 0 Å². The predicted octanol–water partition coefficient (Wildman–Crippen LogP) is 2.49. The minimum absolute atomic E-state index is 0.191. The molecule has 0 radical (unpaired) electrons. The second-order valence-corrected chi connectivity index (χ2v) is 5.42. The summed E-state index contributed by atoms with van der Waals surface area (Å²) in [5, 5.41) is 0. The predicted molar refractivity (Wildman–Crippen MR) is 74.1 cm³/mol. The number of rotatable bonds is 2. The second kappa shape index (κ2) is 5.77. The Kier molecular flexibility index (Phi) is 3.93. The third-order valence-corrected chi connectivity index (χ3v) is 3.74. The molecule has 0 fully saturated rings. The quantitative estimate of drug-likeness (QED) is 0.862. The van der Waals surface area contributed by atoms with Crippen LogP contribution in [0.1, 0.15) is 22.6 Å². The molecule has 0 spiro atoms. The maximum atomic E-state index is 12.9. The van der Waals surface area contributed by atoms with Crippen LogP contribution in [-0.2, 0) is 25.7 Å². The first-order valence-corrected chi connectivity index (χ1v) is 6.99. The van der Waals surface area contributed by atoms with E-state index < -0.39 is 17.6 Å². The maximum Gasteiger partial charge on any atom is 0.449 e. The lowest BCUT2D eigenvalue weighted by Crippen LogP contribution is -2.36. The van der Waals surface area contributed by atoms with E-state index in [4.69, 9.17) is 0 Å². The molecule has 2 aromatic rings. The zero-order valence-electron chi connectivity index (χ0n) is 12.0. The van der Waals surface area contributed by atoms with Crippen molar-refractivity contribution < 1.29 is 17.6 Å². The Labute approximate surface area is 128 Å². The summed E-state index contributed by atoms with van der Waals surface area (Å²) in [6, 6.07) is 5.97. The van der Waals surface area contributed by atoms with E-state index in [1.165, 1.54) is 12.1 Å². The van der Waals surface area contributed by atoms with Crippen LogP contribution in [0.4, 0.5) is 17.6 Å². The number of alkyl halides is 3. The number of nitrogens with one attached hydrogen (secondary N) is 1. The van der Waals surface area contributed by atoms with E-state index in [0.29, 0.717) is 13.1 Å². The molecule has 1 N–H and O–H groups in total. The van der Waals surface area contributed by atoms with Gasteiger partial charge in [-0.2, -0.15) is 13.2 Å². The summed E-state index contributed by atoms with van der Waals surface area (Å²) in [4.78, 5) is 19.2. The summed E-state index contributed by atoms with van der Waals surface area (Å²) in [6.45, 7) is 1.19. The Morgan fingerprint density at radius 3 is 2.57 bits per heavy atom. The lowest BCUT2D eigenvalue weighted by Gasteiger charge is -2.27. The highest BCUT2D eigenvalue weighted by molar-refractivity contribution is 5.22. The largest absolute Gasteiger partial charge is 0.449 e. The van der Waals surface area contributed by atoms with Crippen LogP contribution >= 0.6 is 0 Å². The average molecular weight is 327 g/mol.